The highest BCUT2D eigenvalue weighted by Gasteiger charge is 2.34. The predicted octanol–water partition coefficient (Wildman–Crippen LogP) is 5.47. The molecule has 0 spiro atoms. The van der Waals surface area contributed by atoms with Crippen LogP contribution in [0, 0.1) is 17.8 Å². The van der Waals surface area contributed by atoms with Crippen molar-refractivity contribution in [2.75, 3.05) is 0 Å². The van der Waals surface area contributed by atoms with E-state index in [1.165, 1.54) is 63.4 Å². The molecule has 4 rings (SSSR count). The van der Waals surface area contributed by atoms with Gasteiger partial charge in [-0.25, -0.2) is 0 Å². The maximum absolute atomic E-state index is 10.1. The molecular formula is C21H30O2. The first kappa shape index (κ1) is 15.4. The second kappa shape index (κ2) is 6.75. The third-order valence-electron chi connectivity index (χ3n) is 6.70. The molecule has 2 heteroatoms. The van der Waals surface area contributed by atoms with E-state index in [1.807, 2.05) is 6.07 Å². The third-order valence-corrected chi connectivity index (χ3v) is 6.70. The Morgan fingerprint density at radius 3 is 2.26 bits per heavy atom. The van der Waals surface area contributed by atoms with Gasteiger partial charge in [0.2, 0.25) is 0 Å². The molecule has 126 valence electrons. The van der Waals surface area contributed by atoms with E-state index in [-0.39, 0.29) is 0 Å². The fourth-order valence-corrected chi connectivity index (χ4v) is 5.34. The molecule has 1 unspecified atom stereocenters. The van der Waals surface area contributed by atoms with E-state index < -0.39 is 0 Å². The van der Waals surface area contributed by atoms with Crippen LogP contribution in [0.25, 0.3) is 0 Å². The number of aromatic hydroxyl groups is 1. The first-order valence-corrected chi connectivity index (χ1v) is 9.79. The number of rotatable bonds is 2. The molecule has 0 radical (unpaired) electrons. The molecule has 2 saturated carbocycles. The molecule has 1 aliphatic heterocycles. The molecule has 23 heavy (non-hydrogen) atoms. The van der Waals surface area contributed by atoms with Crippen LogP contribution in [-0.4, -0.2) is 11.2 Å². The van der Waals surface area contributed by atoms with Gasteiger partial charge in [-0.2, -0.15) is 0 Å². The topological polar surface area (TPSA) is 29.5 Å². The Kier molecular flexibility index (Phi) is 4.50. The van der Waals surface area contributed by atoms with Crippen molar-refractivity contribution >= 4 is 0 Å². The van der Waals surface area contributed by atoms with Crippen LogP contribution in [0.2, 0.25) is 0 Å². The molecule has 3 aliphatic rings. The van der Waals surface area contributed by atoms with E-state index >= 15 is 0 Å². The summed E-state index contributed by atoms with van der Waals surface area (Å²) in [6, 6.07) is 5.76. The van der Waals surface area contributed by atoms with Crippen molar-refractivity contribution in [3.05, 3.63) is 23.8 Å². The second-order valence-electron chi connectivity index (χ2n) is 8.03. The third kappa shape index (κ3) is 3.22. The monoisotopic (exact) mass is 314 g/mol. The Bertz CT molecular complexity index is 525. The smallest absolute Gasteiger partial charge is 0.164 e. The van der Waals surface area contributed by atoms with Crippen LogP contribution in [0.15, 0.2) is 18.2 Å². The summed E-state index contributed by atoms with van der Waals surface area (Å²) in [5.41, 5.74) is 1.18. The maximum Gasteiger partial charge on any atom is 0.164 e. The van der Waals surface area contributed by atoms with E-state index in [9.17, 15) is 5.11 Å². The highest BCUT2D eigenvalue weighted by molar-refractivity contribution is 5.46. The molecule has 2 fully saturated rings. The van der Waals surface area contributed by atoms with Crippen LogP contribution < -0.4 is 4.74 Å². The Hall–Kier alpha value is -1.18. The van der Waals surface area contributed by atoms with Crippen LogP contribution in [0.5, 0.6) is 11.5 Å². The van der Waals surface area contributed by atoms with Gasteiger partial charge in [-0.15, -0.1) is 0 Å². The quantitative estimate of drug-likeness (QED) is 0.784. The zero-order valence-corrected chi connectivity index (χ0v) is 14.2. The largest absolute Gasteiger partial charge is 0.504 e. The van der Waals surface area contributed by atoms with Gasteiger partial charge >= 0.3 is 0 Å². The molecule has 2 nitrogen and oxygen atoms in total. The highest BCUT2D eigenvalue weighted by Crippen LogP contribution is 2.44. The maximum atomic E-state index is 10.1. The van der Waals surface area contributed by atoms with Gasteiger partial charge in [0.25, 0.3) is 0 Å². The van der Waals surface area contributed by atoms with Crippen molar-refractivity contribution in [1.82, 2.24) is 0 Å². The van der Waals surface area contributed by atoms with Crippen molar-refractivity contribution in [1.29, 1.82) is 0 Å². The van der Waals surface area contributed by atoms with E-state index in [1.54, 1.807) is 6.07 Å². The van der Waals surface area contributed by atoms with Crippen molar-refractivity contribution in [3.63, 3.8) is 0 Å². The number of phenolic OH excluding ortho intramolecular Hbond substituents is 1. The average Bonchev–Trinajstić information content (AvgIpc) is 2.63. The van der Waals surface area contributed by atoms with E-state index in [0.717, 1.165) is 30.4 Å². The minimum absolute atomic E-state index is 0.322. The minimum Gasteiger partial charge on any atom is -0.504 e. The summed E-state index contributed by atoms with van der Waals surface area (Å²) in [7, 11) is 0. The lowest BCUT2D eigenvalue weighted by Gasteiger charge is -2.39. The van der Waals surface area contributed by atoms with E-state index in [4.69, 9.17) is 4.74 Å². The molecular weight excluding hydrogens is 284 g/mol. The molecule has 1 heterocycles. The van der Waals surface area contributed by atoms with Gasteiger partial charge in [-0.1, -0.05) is 44.2 Å². The average molecular weight is 314 g/mol. The summed E-state index contributed by atoms with van der Waals surface area (Å²) in [4.78, 5) is 0. The zero-order chi connectivity index (χ0) is 15.6. The number of aryl methyl sites for hydroxylation is 1. The van der Waals surface area contributed by atoms with Gasteiger partial charge in [-0.05, 0) is 67.9 Å². The van der Waals surface area contributed by atoms with Gasteiger partial charge in [0, 0.05) is 0 Å². The summed E-state index contributed by atoms with van der Waals surface area (Å²) in [6.45, 7) is 0. The fourth-order valence-electron chi connectivity index (χ4n) is 5.34. The number of hydrogen-bond acceptors (Lipinski definition) is 2. The normalized spacial score (nSPS) is 32.1. The SMILES string of the molecule is Oc1cccc2c1OC(C1CCC(C3CCCCC3)CC1)CC2. The van der Waals surface area contributed by atoms with Gasteiger partial charge in [0.1, 0.15) is 6.10 Å². The Labute approximate surface area is 140 Å². The Morgan fingerprint density at radius 1 is 0.783 bits per heavy atom. The second-order valence-corrected chi connectivity index (χ2v) is 8.03. The van der Waals surface area contributed by atoms with E-state index in [2.05, 4.69) is 6.07 Å². The first-order chi connectivity index (χ1) is 11.3. The number of ether oxygens (including phenoxy) is 1. The highest BCUT2D eigenvalue weighted by atomic mass is 16.5. The van der Waals surface area contributed by atoms with Gasteiger partial charge in [0.15, 0.2) is 11.5 Å². The van der Waals surface area contributed by atoms with Crippen LogP contribution in [0.1, 0.15) is 69.8 Å². The van der Waals surface area contributed by atoms with Gasteiger partial charge < -0.3 is 9.84 Å². The number of para-hydroxylation sites is 1. The van der Waals surface area contributed by atoms with Crippen LogP contribution >= 0.6 is 0 Å². The van der Waals surface area contributed by atoms with Crippen LogP contribution in [-0.2, 0) is 6.42 Å². The van der Waals surface area contributed by atoms with Crippen LogP contribution in [0.3, 0.4) is 0 Å². The Balaban J connectivity index is 1.35. The fraction of sp³-hybridized carbons (Fsp3) is 0.714. The predicted molar refractivity (Wildman–Crippen MR) is 92.9 cm³/mol. The molecule has 1 N–H and O–H groups in total. The molecule has 1 aromatic carbocycles. The number of phenols is 1. The van der Waals surface area contributed by atoms with Gasteiger partial charge in [-0.3, -0.25) is 0 Å². The van der Waals surface area contributed by atoms with Crippen molar-refractivity contribution in [3.8, 4) is 11.5 Å². The minimum atomic E-state index is 0.322. The molecule has 2 aliphatic carbocycles. The molecule has 0 saturated heterocycles. The summed E-state index contributed by atoms with van der Waals surface area (Å²) in [5.74, 6) is 3.78. The summed E-state index contributed by atoms with van der Waals surface area (Å²) < 4.78 is 6.23. The molecule has 0 aromatic heterocycles. The Morgan fingerprint density at radius 2 is 1.48 bits per heavy atom. The first-order valence-electron chi connectivity index (χ1n) is 9.79. The van der Waals surface area contributed by atoms with Crippen molar-refractivity contribution < 1.29 is 9.84 Å². The standard InChI is InChI=1S/C21H30O2/c22-19-8-4-7-18-13-14-20(23-21(18)19)17-11-9-16(10-12-17)15-5-2-1-3-6-15/h4,7-8,15-17,20,22H,1-3,5-6,9-14H2. The molecule has 1 atom stereocenters. The summed E-state index contributed by atoms with van der Waals surface area (Å²) in [6.07, 6.45) is 15.3. The molecule has 1 aromatic rings. The number of hydrogen-bond donors (Lipinski definition) is 1. The lowest BCUT2D eigenvalue weighted by molar-refractivity contribution is 0.0608. The van der Waals surface area contributed by atoms with Crippen LogP contribution in [0.4, 0.5) is 0 Å². The summed E-state index contributed by atoms with van der Waals surface area (Å²) >= 11 is 0. The van der Waals surface area contributed by atoms with Gasteiger partial charge in [0.05, 0.1) is 0 Å². The number of fused-ring (bicyclic) bond motifs is 1. The summed E-state index contributed by atoms with van der Waals surface area (Å²) in [5, 5.41) is 10.1. The number of benzene rings is 1. The lowest BCUT2D eigenvalue weighted by atomic mass is 9.69. The zero-order valence-electron chi connectivity index (χ0n) is 14.2. The molecule has 0 bridgehead atoms. The van der Waals surface area contributed by atoms with E-state index in [0.29, 0.717) is 17.8 Å². The van der Waals surface area contributed by atoms with Crippen molar-refractivity contribution in [2.45, 2.75) is 76.7 Å². The lowest BCUT2D eigenvalue weighted by Crippen LogP contribution is -2.35. The molecule has 0 amide bonds. The van der Waals surface area contributed by atoms with Crippen molar-refractivity contribution in [2.24, 2.45) is 17.8 Å².